The predicted molar refractivity (Wildman–Crippen MR) is 94.2 cm³/mol. The van der Waals surface area contributed by atoms with Gasteiger partial charge in [-0.25, -0.2) is 9.59 Å². The Bertz CT molecular complexity index is 451. The number of carbonyl (C=O) groups is 4. The highest BCUT2D eigenvalue weighted by atomic mass is 32.2. The van der Waals surface area contributed by atoms with Crippen LogP contribution in [-0.2, 0) is 28.5 Å². The van der Waals surface area contributed by atoms with Crippen molar-refractivity contribution in [2.75, 3.05) is 12.3 Å². The largest absolute Gasteiger partial charge is 0.425 e. The Balaban J connectivity index is 3.90. The molecule has 0 radical (unpaired) electrons. The highest BCUT2D eigenvalue weighted by Gasteiger charge is 2.18. The number of amides is 1. The molecule has 0 saturated carbocycles. The summed E-state index contributed by atoms with van der Waals surface area (Å²) < 4.78 is 19.5. The Morgan fingerprint density at radius 1 is 0.769 bits per heavy atom. The maximum Gasteiger partial charge on any atom is 0.410 e. The number of alkyl carbamates (subject to hydrolysis) is 1. The van der Waals surface area contributed by atoms with Crippen molar-refractivity contribution < 1.29 is 38.1 Å². The summed E-state index contributed by atoms with van der Waals surface area (Å²) in [7, 11) is 0. The van der Waals surface area contributed by atoms with E-state index in [1.165, 1.54) is 13.8 Å². The minimum absolute atomic E-state index is 0.129. The third-order valence-corrected chi connectivity index (χ3v) is 3.37. The Kier molecular flexibility index (Phi) is 11.5. The minimum Gasteiger partial charge on any atom is -0.425 e. The summed E-state index contributed by atoms with van der Waals surface area (Å²) in [6.45, 7) is 9.65. The molecule has 150 valence electrons. The average Bonchev–Trinajstić information content (AvgIpc) is 2.50. The van der Waals surface area contributed by atoms with Crippen LogP contribution in [0.4, 0.5) is 9.59 Å². The van der Waals surface area contributed by atoms with Gasteiger partial charge in [0.25, 0.3) is 0 Å². The van der Waals surface area contributed by atoms with Crippen LogP contribution in [0.15, 0.2) is 0 Å². The van der Waals surface area contributed by atoms with Crippen LogP contribution in [0.5, 0.6) is 0 Å². The first-order valence-electron chi connectivity index (χ1n) is 8.21. The minimum atomic E-state index is -1.01. The fourth-order valence-corrected chi connectivity index (χ4v) is 1.87. The summed E-state index contributed by atoms with van der Waals surface area (Å²) in [6, 6.07) is 0. The predicted octanol–water partition coefficient (Wildman–Crippen LogP) is 2.67. The molecule has 10 heteroatoms. The number of nitrogens with one attached hydrogen (secondary N) is 1. The number of ether oxygens (including phenoxy) is 4. The standard InChI is InChI=1S/C16H27NO8S/c1-9(2)13(18)22-11(5)24-15(20)17-7-8-26-16(21)25-12(6)23-14(19)10(3)4/h9-12H,7-8H2,1-6H3,(H,17,20)/t11-,12-/m0/s1. The number of thioether (sulfide) groups is 1. The van der Waals surface area contributed by atoms with Crippen LogP contribution in [0.2, 0.25) is 0 Å². The second-order valence-corrected chi connectivity index (χ2v) is 6.90. The van der Waals surface area contributed by atoms with E-state index in [9.17, 15) is 19.2 Å². The second-order valence-electron chi connectivity index (χ2n) is 5.87. The van der Waals surface area contributed by atoms with E-state index in [1.54, 1.807) is 27.7 Å². The Labute approximate surface area is 157 Å². The molecule has 0 aliphatic carbocycles. The van der Waals surface area contributed by atoms with E-state index >= 15 is 0 Å². The Hall–Kier alpha value is -1.97. The smallest absolute Gasteiger partial charge is 0.410 e. The molecule has 0 fully saturated rings. The van der Waals surface area contributed by atoms with Gasteiger partial charge in [-0.15, -0.1) is 0 Å². The van der Waals surface area contributed by atoms with Crippen LogP contribution in [0.25, 0.3) is 0 Å². The van der Waals surface area contributed by atoms with E-state index in [0.717, 1.165) is 11.8 Å². The number of rotatable bonds is 9. The molecule has 0 spiro atoms. The molecule has 0 aromatic carbocycles. The van der Waals surface area contributed by atoms with Crippen molar-refractivity contribution in [3.8, 4) is 0 Å². The number of hydrogen-bond donors (Lipinski definition) is 1. The fraction of sp³-hybridized carbons (Fsp3) is 0.750. The zero-order chi connectivity index (χ0) is 20.3. The van der Waals surface area contributed by atoms with Crippen LogP contribution < -0.4 is 5.32 Å². The van der Waals surface area contributed by atoms with E-state index in [-0.39, 0.29) is 24.1 Å². The van der Waals surface area contributed by atoms with Gasteiger partial charge in [0.1, 0.15) is 0 Å². The van der Waals surface area contributed by atoms with E-state index in [4.69, 9.17) is 18.9 Å². The van der Waals surface area contributed by atoms with Gasteiger partial charge in [-0.3, -0.25) is 9.59 Å². The van der Waals surface area contributed by atoms with Crippen LogP contribution in [0.1, 0.15) is 41.5 Å². The molecular weight excluding hydrogens is 366 g/mol. The van der Waals surface area contributed by atoms with Crippen molar-refractivity contribution in [2.24, 2.45) is 11.8 Å². The normalized spacial score (nSPS) is 12.9. The van der Waals surface area contributed by atoms with Gasteiger partial charge in [-0.05, 0) is 11.8 Å². The molecule has 0 aliphatic heterocycles. The Morgan fingerprint density at radius 3 is 1.69 bits per heavy atom. The van der Waals surface area contributed by atoms with Crippen molar-refractivity contribution in [1.29, 1.82) is 0 Å². The van der Waals surface area contributed by atoms with Crippen LogP contribution >= 0.6 is 11.8 Å². The number of hydrogen-bond acceptors (Lipinski definition) is 9. The molecule has 26 heavy (non-hydrogen) atoms. The first-order valence-corrected chi connectivity index (χ1v) is 9.20. The van der Waals surface area contributed by atoms with E-state index in [1.807, 2.05) is 0 Å². The van der Waals surface area contributed by atoms with E-state index in [0.29, 0.717) is 0 Å². The molecular formula is C16H27NO8S. The zero-order valence-electron chi connectivity index (χ0n) is 15.9. The molecule has 2 atom stereocenters. The lowest BCUT2D eigenvalue weighted by atomic mass is 10.2. The van der Waals surface area contributed by atoms with Gasteiger partial charge in [0.15, 0.2) is 0 Å². The van der Waals surface area contributed by atoms with Gasteiger partial charge in [-0.2, -0.15) is 0 Å². The third-order valence-electron chi connectivity index (χ3n) is 2.63. The van der Waals surface area contributed by atoms with Crippen LogP contribution in [0.3, 0.4) is 0 Å². The van der Waals surface area contributed by atoms with Crippen LogP contribution in [0, 0.1) is 11.8 Å². The van der Waals surface area contributed by atoms with E-state index < -0.39 is 35.9 Å². The molecule has 1 N–H and O–H groups in total. The van der Waals surface area contributed by atoms with E-state index in [2.05, 4.69) is 5.32 Å². The summed E-state index contributed by atoms with van der Waals surface area (Å²) in [5.41, 5.74) is 0. The first-order chi connectivity index (χ1) is 12.0. The van der Waals surface area contributed by atoms with Gasteiger partial charge in [0.05, 0.1) is 11.8 Å². The van der Waals surface area contributed by atoms with Crippen molar-refractivity contribution in [1.82, 2.24) is 5.32 Å². The highest BCUT2D eigenvalue weighted by Crippen LogP contribution is 2.09. The molecule has 0 rings (SSSR count). The van der Waals surface area contributed by atoms with Gasteiger partial charge in [-0.1, -0.05) is 27.7 Å². The SMILES string of the molecule is CC(C)C(=O)O[C@H](C)OC(=O)NCCSC(=O)O[C@@H](C)OC(=O)C(C)C. The van der Waals surface area contributed by atoms with Crippen molar-refractivity contribution in [3.63, 3.8) is 0 Å². The van der Waals surface area contributed by atoms with Crippen LogP contribution in [-0.4, -0.2) is 48.2 Å². The lowest BCUT2D eigenvalue weighted by Gasteiger charge is -2.16. The third kappa shape index (κ3) is 11.6. The maximum atomic E-state index is 11.6. The summed E-state index contributed by atoms with van der Waals surface area (Å²) in [5, 5.41) is 1.77. The number of carbonyl (C=O) groups excluding carboxylic acids is 4. The van der Waals surface area contributed by atoms with Gasteiger partial charge >= 0.3 is 23.3 Å². The molecule has 0 unspecified atom stereocenters. The van der Waals surface area contributed by atoms with Gasteiger partial charge in [0.2, 0.25) is 12.6 Å². The summed E-state index contributed by atoms with van der Waals surface area (Å²) in [5.74, 6) is -1.36. The lowest BCUT2D eigenvalue weighted by molar-refractivity contribution is -0.169. The second kappa shape index (κ2) is 12.4. The molecule has 1 amide bonds. The van der Waals surface area contributed by atoms with Gasteiger partial charge in [0, 0.05) is 26.1 Å². The summed E-state index contributed by atoms with van der Waals surface area (Å²) in [4.78, 5) is 45.8. The molecule has 0 aromatic heterocycles. The quantitative estimate of drug-likeness (QED) is 0.358. The molecule has 0 aliphatic rings. The summed E-state index contributed by atoms with van der Waals surface area (Å²) >= 11 is 0.808. The summed E-state index contributed by atoms with van der Waals surface area (Å²) in [6.07, 6.45) is -2.78. The Morgan fingerprint density at radius 2 is 1.23 bits per heavy atom. The first kappa shape index (κ1) is 24.0. The van der Waals surface area contributed by atoms with Crippen molar-refractivity contribution in [3.05, 3.63) is 0 Å². The highest BCUT2D eigenvalue weighted by molar-refractivity contribution is 8.13. The molecule has 0 saturated heterocycles. The number of esters is 2. The molecule has 9 nitrogen and oxygen atoms in total. The average molecular weight is 393 g/mol. The molecule has 0 bridgehead atoms. The van der Waals surface area contributed by atoms with Gasteiger partial charge < -0.3 is 24.3 Å². The fourth-order valence-electron chi connectivity index (χ4n) is 1.30. The molecule has 0 aromatic rings. The lowest BCUT2D eigenvalue weighted by Crippen LogP contribution is -2.32. The van der Waals surface area contributed by atoms with Crippen molar-refractivity contribution in [2.45, 2.75) is 54.1 Å². The van der Waals surface area contributed by atoms with Crippen molar-refractivity contribution >= 4 is 35.1 Å². The maximum absolute atomic E-state index is 11.6. The zero-order valence-corrected chi connectivity index (χ0v) is 16.7. The monoisotopic (exact) mass is 393 g/mol. The topological polar surface area (TPSA) is 117 Å². The molecule has 0 heterocycles.